The van der Waals surface area contributed by atoms with Gasteiger partial charge in [-0.1, -0.05) is 6.07 Å². The monoisotopic (exact) mass is 486 g/mol. The van der Waals surface area contributed by atoms with E-state index in [4.69, 9.17) is 4.74 Å². The number of β-amino-alcohol motifs (C(OH)–C–C–N with tert-alkyl or cyclic N) is 1. The third kappa shape index (κ3) is 4.30. The van der Waals surface area contributed by atoms with Crippen LogP contribution in [0.3, 0.4) is 0 Å². The molecule has 0 unspecified atom stereocenters. The minimum Gasteiger partial charge on any atom is -0.457 e. The summed E-state index contributed by atoms with van der Waals surface area (Å²) in [6.45, 7) is 6.39. The van der Waals surface area contributed by atoms with Crippen LogP contribution in [0.15, 0.2) is 29.6 Å². The molecular weight excluding hydrogens is 456 g/mol. The number of likely N-dealkylation sites (tertiary alicyclic amines) is 1. The molecule has 2 aromatic rings. The quantitative estimate of drug-likeness (QED) is 0.633. The first-order valence-electron chi connectivity index (χ1n) is 11.6. The van der Waals surface area contributed by atoms with E-state index >= 15 is 0 Å². The molecule has 1 aromatic carbocycles. The Kier molecular flexibility index (Phi) is 5.86. The van der Waals surface area contributed by atoms with Gasteiger partial charge in [-0.2, -0.15) is 0 Å². The number of piperidine rings is 1. The van der Waals surface area contributed by atoms with Crippen LogP contribution in [-0.2, 0) is 21.2 Å². The van der Waals surface area contributed by atoms with E-state index in [1.165, 1.54) is 6.20 Å². The molecule has 182 valence electrons. The molecule has 0 radical (unpaired) electrons. The third-order valence-corrected chi connectivity index (χ3v) is 8.63. The number of hydrogen-bond donors (Lipinski definition) is 1. The highest BCUT2D eigenvalue weighted by Crippen LogP contribution is 2.41. The second kappa shape index (κ2) is 8.58. The van der Waals surface area contributed by atoms with Gasteiger partial charge in [-0.3, -0.25) is 4.90 Å². The summed E-state index contributed by atoms with van der Waals surface area (Å²) >= 11 is 0. The molecule has 1 spiro atoms. The number of carbonyl (C=O) groups excluding carboxylic acids is 1. The van der Waals surface area contributed by atoms with Crippen molar-refractivity contribution >= 4 is 21.6 Å². The van der Waals surface area contributed by atoms with Crippen molar-refractivity contribution in [2.45, 2.75) is 43.9 Å². The van der Waals surface area contributed by atoms with E-state index in [-0.39, 0.29) is 23.0 Å². The van der Waals surface area contributed by atoms with Crippen molar-refractivity contribution < 1.29 is 23.1 Å². The number of sulfone groups is 1. The van der Waals surface area contributed by atoms with Crippen molar-refractivity contribution in [3.8, 4) is 0 Å². The molecule has 3 aliphatic heterocycles. The molecule has 1 aromatic heterocycles. The van der Waals surface area contributed by atoms with E-state index in [2.05, 4.69) is 19.8 Å². The summed E-state index contributed by atoms with van der Waals surface area (Å²) < 4.78 is 28.4. The van der Waals surface area contributed by atoms with Gasteiger partial charge in [0.15, 0.2) is 14.9 Å². The maximum atomic E-state index is 11.8. The summed E-state index contributed by atoms with van der Waals surface area (Å²) in [5, 5.41) is 11.0. The molecule has 4 heterocycles. The Morgan fingerprint density at radius 1 is 1.15 bits per heavy atom. The number of aliphatic hydroxyl groups excluding tert-OH is 1. The van der Waals surface area contributed by atoms with Crippen molar-refractivity contribution in [3.05, 3.63) is 46.8 Å². The first kappa shape index (κ1) is 23.2. The van der Waals surface area contributed by atoms with Gasteiger partial charge in [0.05, 0.1) is 24.1 Å². The highest BCUT2D eigenvalue weighted by atomic mass is 32.2. The maximum Gasteiger partial charge on any atom is 0.338 e. The van der Waals surface area contributed by atoms with Gasteiger partial charge in [-0.25, -0.2) is 23.2 Å². The minimum atomic E-state index is -3.35. The van der Waals surface area contributed by atoms with Gasteiger partial charge in [0, 0.05) is 38.0 Å². The molecule has 34 heavy (non-hydrogen) atoms. The van der Waals surface area contributed by atoms with E-state index in [1.54, 1.807) is 12.3 Å². The molecular formula is C24H30N4O5S. The van der Waals surface area contributed by atoms with Crippen LogP contribution < -0.4 is 4.90 Å². The highest BCUT2D eigenvalue weighted by Gasteiger charge is 2.41. The summed E-state index contributed by atoms with van der Waals surface area (Å²) in [6, 6.07) is 3.62. The van der Waals surface area contributed by atoms with Gasteiger partial charge >= 0.3 is 5.97 Å². The molecule has 1 N–H and O–H groups in total. The smallest absolute Gasteiger partial charge is 0.338 e. The average Bonchev–Trinajstić information content (AvgIpc) is 3.38. The molecule has 1 atom stereocenters. The lowest BCUT2D eigenvalue weighted by molar-refractivity contribution is 0.0535. The predicted octanol–water partition coefficient (Wildman–Crippen LogP) is 1.88. The number of aromatic nitrogens is 2. The standard InChI is InChI=1S/C24H30N4O5S/c1-16-17(3-4-18-19(16)14-33-23(18)30)20(29)13-27-8-5-24(15-27)6-9-28(10-7-24)21-11-26-22(12-25-21)34(2,31)32/h3-4,11-12,20,29H,5-10,13-15H2,1-2H3/t20-/m0/s1. The number of hydrogen-bond acceptors (Lipinski definition) is 9. The van der Waals surface area contributed by atoms with Crippen molar-refractivity contribution in [3.63, 3.8) is 0 Å². The van der Waals surface area contributed by atoms with Crippen LogP contribution in [0, 0.1) is 12.3 Å². The predicted molar refractivity (Wildman–Crippen MR) is 125 cm³/mol. The number of aliphatic hydroxyl groups is 1. The van der Waals surface area contributed by atoms with Gasteiger partial charge in [-0.05, 0) is 55.3 Å². The lowest BCUT2D eigenvalue weighted by atomic mass is 9.78. The highest BCUT2D eigenvalue weighted by molar-refractivity contribution is 7.90. The fraction of sp³-hybridized carbons (Fsp3) is 0.542. The molecule has 0 bridgehead atoms. The number of ether oxygens (including phenoxy) is 1. The summed E-state index contributed by atoms with van der Waals surface area (Å²) in [6.07, 6.45) is 6.53. The van der Waals surface area contributed by atoms with Crippen molar-refractivity contribution in [2.24, 2.45) is 5.41 Å². The van der Waals surface area contributed by atoms with Crippen molar-refractivity contribution in [1.29, 1.82) is 0 Å². The molecule has 3 aliphatic rings. The van der Waals surface area contributed by atoms with Gasteiger partial charge in [0.2, 0.25) is 0 Å². The third-order valence-electron chi connectivity index (χ3n) is 7.66. The normalized spacial score (nSPS) is 21.0. The zero-order chi connectivity index (χ0) is 24.1. The summed E-state index contributed by atoms with van der Waals surface area (Å²) in [5.74, 6) is 0.423. The zero-order valence-corrected chi connectivity index (χ0v) is 20.3. The first-order chi connectivity index (χ1) is 16.2. The summed E-state index contributed by atoms with van der Waals surface area (Å²) in [5.41, 5.74) is 3.53. The molecule has 0 aliphatic carbocycles. The average molecular weight is 487 g/mol. The van der Waals surface area contributed by atoms with Crippen molar-refractivity contribution in [1.82, 2.24) is 14.9 Å². The lowest BCUT2D eigenvalue weighted by Gasteiger charge is -2.40. The lowest BCUT2D eigenvalue weighted by Crippen LogP contribution is -2.42. The second-order valence-corrected chi connectivity index (χ2v) is 11.8. The van der Waals surface area contributed by atoms with Crippen molar-refractivity contribution in [2.75, 3.05) is 43.9 Å². The molecule has 5 rings (SSSR count). The summed E-state index contributed by atoms with van der Waals surface area (Å²) in [4.78, 5) is 24.7. The number of fused-ring (bicyclic) bond motifs is 1. The topological polar surface area (TPSA) is 113 Å². The maximum absolute atomic E-state index is 11.8. The second-order valence-electron chi connectivity index (χ2n) is 9.85. The van der Waals surface area contributed by atoms with E-state index in [9.17, 15) is 18.3 Å². The van der Waals surface area contributed by atoms with Crippen LogP contribution >= 0.6 is 0 Å². The van der Waals surface area contributed by atoms with Gasteiger partial charge in [-0.15, -0.1) is 0 Å². The number of rotatable bonds is 5. The van der Waals surface area contributed by atoms with Gasteiger partial charge in [0.1, 0.15) is 12.4 Å². The molecule has 2 fully saturated rings. The zero-order valence-electron chi connectivity index (χ0n) is 19.5. The molecule has 10 heteroatoms. The van der Waals surface area contributed by atoms with Gasteiger partial charge < -0.3 is 14.7 Å². The molecule has 0 amide bonds. The summed E-state index contributed by atoms with van der Waals surface area (Å²) in [7, 11) is -3.35. The Morgan fingerprint density at radius 3 is 2.56 bits per heavy atom. The van der Waals surface area contributed by atoms with Crippen LogP contribution in [0.5, 0.6) is 0 Å². The van der Waals surface area contributed by atoms with E-state index in [1.807, 2.05) is 13.0 Å². The largest absolute Gasteiger partial charge is 0.457 e. The molecule has 9 nitrogen and oxygen atoms in total. The first-order valence-corrected chi connectivity index (χ1v) is 13.5. The number of nitrogens with zero attached hydrogens (tertiary/aromatic N) is 4. The SMILES string of the molecule is Cc1c([C@@H](O)CN2CCC3(CCN(c4cnc(S(C)(=O)=O)cn4)CC3)C2)ccc2c1COC2=O. The fourth-order valence-electron chi connectivity index (χ4n) is 5.54. The number of carbonyl (C=O) groups is 1. The molecule has 0 saturated carbocycles. The number of esters is 1. The van der Waals surface area contributed by atoms with E-state index < -0.39 is 15.9 Å². The Balaban J connectivity index is 1.19. The van der Waals surface area contributed by atoms with Crippen LogP contribution in [0.4, 0.5) is 5.82 Å². The van der Waals surface area contributed by atoms with Gasteiger partial charge in [0.25, 0.3) is 0 Å². The fourth-order valence-corrected chi connectivity index (χ4v) is 6.03. The van der Waals surface area contributed by atoms with Crippen LogP contribution in [-0.4, -0.2) is 73.3 Å². The Morgan fingerprint density at radius 2 is 1.88 bits per heavy atom. The van der Waals surface area contributed by atoms with Crippen LogP contribution in [0.25, 0.3) is 0 Å². The van der Waals surface area contributed by atoms with Crippen LogP contribution in [0.2, 0.25) is 0 Å². The van der Waals surface area contributed by atoms with E-state index in [0.29, 0.717) is 17.9 Å². The Labute approximate surface area is 199 Å². The Bertz CT molecular complexity index is 1210. The van der Waals surface area contributed by atoms with E-state index in [0.717, 1.165) is 68.4 Å². The van der Waals surface area contributed by atoms with Crippen LogP contribution in [0.1, 0.15) is 52.4 Å². The number of cyclic esters (lactones) is 1. The minimum absolute atomic E-state index is 0.00699. The number of anilines is 1. The number of benzene rings is 1. The Hall–Kier alpha value is -2.56. The molecule has 2 saturated heterocycles.